The fourth-order valence-corrected chi connectivity index (χ4v) is 4.68. The van der Waals surface area contributed by atoms with Crippen molar-refractivity contribution in [3.8, 4) is 0 Å². The summed E-state index contributed by atoms with van der Waals surface area (Å²) in [5.41, 5.74) is 6.98. The van der Waals surface area contributed by atoms with Gasteiger partial charge in [-0.1, -0.05) is 37.6 Å². The Balaban J connectivity index is 0. The van der Waals surface area contributed by atoms with Gasteiger partial charge in [-0.15, -0.1) is 0 Å². The van der Waals surface area contributed by atoms with Gasteiger partial charge in [0, 0.05) is 19.0 Å². The van der Waals surface area contributed by atoms with E-state index in [9.17, 15) is 27.2 Å². The second-order valence-corrected chi connectivity index (χ2v) is 11.2. The van der Waals surface area contributed by atoms with Gasteiger partial charge in [0.1, 0.15) is 10.1 Å². The van der Waals surface area contributed by atoms with E-state index in [1.54, 1.807) is 12.1 Å². The SMILES string of the molecule is CC(=O)N[C@@H](CC(C)C)[C@@H]1CC=C(P(=O)([O-])O)C[C@H]1N.Cc1ccc(S(=O)(=O)[O-])cc1.[Na+].[Na+]. The van der Waals surface area contributed by atoms with Gasteiger partial charge in [0.2, 0.25) is 5.91 Å². The van der Waals surface area contributed by atoms with Crippen LogP contribution in [0.4, 0.5) is 0 Å². The summed E-state index contributed by atoms with van der Waals surface area (Å²) in [6, 6.07) is 5.32. The summed E-state index contributed by atoms with van der Waals surface area (Å²) in [6.45, 7) is 7.40. The molecule has 0 radical (unpaired) electrons. The van der Waals surface area contributed by atoms with Crippen LogP contribution in [-0.4, -0.2) is 35.9 Å². The molecule has 176 valence electrons. The van der Waals surface area contributed by atoms with Crippen molar-refractivity contribution in [3.05, 3.63) is 41.2 Å². The molecule has 1 aliphatic rings. The Morgan fingerprint density at radius 3 is 2.15 bits per heavy atom. The maximum absolute atomic E-state index is 11.3. The summed E-state index contributed by atoms with van der Waals surface area (Å²) < 4.78 is 42.3. The van der Waals surface area contributed by atoms with Crippen LogP contribution in [0.3, 0.4) is 0 Å². The molecule has 1 aromatic rings. The van der Waals surface area contributed by atoms with Gasteiger partial charge in [-0.3, -0.25) is 4.79 Å². The summed E-state index contributed by atoms with van der Waals surface area (Å²) in [4.78, 5) is 31.4. The Morgan fingerprint density at radius 1 is 1.27 bits per heavy atom. The van der Waals surface area contributed by atoms with Crippen molar-refractivity contribution >= 4 is 23.6 Å². The molecule has 0 spiro atoms. The van der Waals surface area contributed by atoms with Gasteiger partial charge in [-0.05, 0) is 55.5 Å². The molecule has 4 N–H and O–H groups in total. The molecule has 4 atom stereocenters. The van der Waals surface area contributed by atoms with Gasteiger partial charge in [0.15, 0.2) is 7.60 Å². The largest absolute Gasteiger partial charge is 1.00 e. The Kier molecular flexibility index (Phi) is 16.8. The minimum absolute atomic E-state index is 0. The van der Waals surface area contributed by atoms with Crippen LogP contribution >= 0.6 is 7.60 Å². The topological polar surface area (TPSA) is 173 Å². The minimum Gasteiger partial charge on any atom is -0.775 e. The van der Waals surface area contributed by atoms with E-state index in [0.29, 0.717) is 12.3 Å². The Labute approximate surface area is 240 Å². The fourth-order valence-electron chi connectivity index (χ4n) is 3.43. The standard InChI is InChI=1S/C13H25N2O4P.C7H8O3S.2Na/c1-8(2)6-13(15-9(3)16)11-5-4-10(7-12(11)14)20(17,18)19;1-6-2-4-7(5-3-6)11(8,9)10;;/h4,8,11-13H,5-7,14H2,1-3H3,(H,15,16)(H2,17,18,19);2-5H,1H3,(H,8,9,10);;/q;;2*+1/p-2/t11-,12-,13+;;;/m1.../s1. The van der Waals surface area contributed by atoms with Crippen LogP contribution < -0.4 is 75.1 Å². The number of hydrogen-bond acceptors (Lipinski definition) is 7. The number of allylic oxidation sites excluding steroid dienone is 1. The first kappa shape index (κ1) is 35.6. The third kappa shape index (κ3) is 13.4. The van der Waals surface area contributed by atoms with Gasteiger partial charge in [0.05, 0.1) is 4.90 Å². The van der Waals surface area contributed by atoms with Crippen molar-refractivity contribution in [2.45, 2.75) is 63.9 Å². The third-order valence-corrected chi connectivity index (χ3v) is 6.86. The normalized spacial score (nSPS) is 20.6. The van der Waals surface area contributed by atoms with Crippen LogP contribution in [0.15, 0.2) is 40.6 Å². The van der Waals surface area contributed by atoms with Gasteiger partial charge in [-0.2, -0.15) is 0 Å². The third-order valence-electron chi connectivity index (χ3n) is 4.92. The van der Waals surface area contributed by atoms with Crippen LogP contribution in [0, 0.1) is 18.8 Å². The molecule has 1 amide bonds. The smallest absolute Gasteiger partial charge is 0.775 e. The number of benzene rings is 1. The molecule has 1 aliphatic carbocycles. The van der Waals surface area contributed by atoms with Crippen molar-refractivity contribution in [1.82, 2.24) is 5.32 Å². The number of carbonyl (C=O) groups is 1. The average Bonchev–Trinajstić information content (AvgIpc) is 2.59. The zero-order valence-electron chi connectivity index (χ0n) is 20.1. The van der Waals surface area contributed by atoms with E-state index in [1.165, 1.54) is 25.1 Å². The van der Waals surface area contributed by atoms with Crippen LogP contribution in [0.5, 0.6) is 0 Å². The summed E-state index contributed by atoms with van der Waals surface area (Å²) in [6.07, 6.45) is 2.88. The van der Waals surface area contributed by atoms with Crippen molar-refractivity contribution in [2.24, 2.45) is 17.6 Å². The second-order valence-electron chi connectivity index (χ2n) is 8.19. The Hall–Kier alpha value is 0.450. The van der Waals surface area contributed by atoms with E-state index in [1.807, 2.05) is 6.92 Å². The maximum atomic E-state index is 11.3. The van der Waals surface area contributed by atoms with Crippen LogP contribution in [0.1, 0.15) is 45.6 Å². The van der Waals surface area contributed by atoms with Crippen molar-refractivity contribution in [1.29, 1.82) is 0 Å². The molecule has 1 unspecified atom stereocenters. The second kappa shape index (κ2) is 15.5. The molecule has 0 bridgehead atoms. The maximum Gasteiger partial charge on any atom is 1.00 e. The van der Waals surface area contributed by atoms with Gasteiger partial charge in [-0.25, -0.2) is 8.42 Å². The average molecular weight is 520 g/mol. The molecule has 1 aromatic carbocycles. The quantitative estimate of drug-likeness (QED) is 0.192. The first-order valence-electron chi connectivity index (χ1n) is 9.90. The van der Waals surface area contributed by atoms with E-state index in [4.69, 9.17) is 10.6 Å². The van der Waals surface area contributed by atoms with Gasteiger partial charge in [0.25, 0.3) is 0 Å². The minimum atomic E-state index is -4.45. The zero-order valence-corrected chi connectivity index (χ0v) is 25.9. The number of nitrogens with one attached hydrogen (secondary N) is 1. The van der Waals surface area contributed by atoms with E-state index in [-0.39, 0.29) is 99.7 Å². The number of hydrogen-bond donors (Lipinski definition) is 3. The van der Waals surface area contributed by atoms with Crippen LogP contribution in [0.25, 0.3) is 0 Å². The molecule has 2 rings (SSSR count). The molecule has 0 fully saturated rings. The van der Waals surface area contributed by atoms with Crippen LogP contribution in [-0.2, 0) is 19.5 Å². The first-order valence-corrected chi connectivity index (χ1v) is 12.9. The van der Waals surface area contributed by atoms with Crippen molar-refractivity contribution < 1.29 is 91.2 Å². The molecular formula is C20H31N2Na2O7PS. The summed E-state index contributed by atoms with van der Waals surface area (Å²) in [5, 5.41) is 2.91. The van der Waals surface area contributed by atoms with E-state index >= 15 is 0 Å². The van der Waals surface area contributed by atoms with Crippen molar-refractivity contribution in [2.75, 3.05) is 0 Å². The molecule has 0 saturated heterocycles. The van der Waals surface area contributed by atoms with Crippen LogP contribution in [0.2, 0.25) is 0 Å². The molecule has 0 saturated carbocycles. The number of rotatable bonds is 6. The summed E-state index contributed by atoms with van der Waals surface area (Å²) >= 11 is 0. The van der Waals surface area contributed by atoms with E-state index < -0.39 is 17.7 Å². The molecule has 33 heavy (non-hydrogen) atoms. The van der Waals surface area contributed by atoms with E-state index in [0.717, 1.165) is 12.0 Å². The van der Waals surface area contributed by atoms with Gasteiger partial charge >= 0.3 is 59.1 Å². The number of aryl methyl sites for hydroxylation is 1. The number of carbonyl (C=O) groups excluding carboxylic acids is 1. The fraction of sp³-hybridized carbons (Fsp3) is 0.550. The molecule has 0 aromatic heterocycles. The molecule has 0 aliphatic heterocycles. The van der Waals surface area contributed by atoms with Crippen molar-refractivity contribution in [3.63, 3.8) is 0 Å². The number of nitrogens with two attached hydrogens (primary N) is 1. The predicted molar refractivity (Wildman–Crippen MR) is 115 cm³/mol. The Morgan fingerprint density at radius 2 is 1.79 bits per heavy atom. The first-order chi connectivity index (χ1) is 14.1. The number of amides is 1. The molecule has 9 nitrogen and oxygen atoms in total. The molecule has 0 heterocycles. The van der Waals surface area contributed by atoms with Gasteiger partial charge < -0.3 is 30.0 Å². The monoisotopic (exact) mass is 520 g/mol. The Bertz CT molecular complexity index is 934. The summed E-state index contributed by atoms with van der Waals surface area (Å²) in [7, 11) is -8.72. The predicted octanol–water partition coefficient (Wildman–Crippen LogP) is -4.39. The summed E-state index contributed by atoms with van der Waals surface area (Å²) in [5.74, 6) is 0.263. The zero-order chi connectivity index (χ0) is 24.0. The molecule has 13 heteroatoms. The van der Waals surface area contributed by atoms with E-state index in [2.05, 4.69) is 19.2 Å². The molecular weight excluding hydrogens is 489 g/mol.